The molecule has 0 unspecified atom stereocenters. The lowest BCUT2D eigenvalue weighted by Crippen LogP contribution is -2.25. The number of hydrogen-bond acceptors (Lipinski definition) is 4. The minimum atomic E-state index is -0.620. The van der Waals surface area contributed by atoms with Gasteiger partial charge in [-0.3, -0.25) is 4.79 Å². The minimum Gasteiger partial charge on any atom is -0.267 e. The first-order valence-corrected chi connectivity index (χ1v) is 9.52. The molecular weight excluding hydrogens is 379 g/mol. The zero-order valence-electron chi connectivity index (χ0n) is 16.9. The van der Waals surface area contributed by atoms with Crippen molar-refractivity contribution in [1.82, 2.24) is 14.8 Å². The van der Waals surface area contributed by atoms with Gasteiger partial charge in [0.05, 0.1) is 29.1 Å². The Bertz CT molecular complexity index is 1380. The molecule has 0 amide bonds. The highest BCUT2D eigenvalue weighted by molar-refractivity contribution is 5.94. The fourth-order valence-electron chi connectivity index (χ4n) is 3.41. The van der Waals surface area contributed by atoms with Gasteiger partial charge in [-0.2, -0.15) is 14.8 Å². The summed E-state index contributed by atoms with van der Waals surface area (Å²) in [7, 11) is 0. The summed E-state index contributed by atoms with van der Waals surface area (Å²) in [6, 6.07) is 16.1. The van der Waals surface area contributed by atoms with Crippen LogP contribution in [0.1, 0.15) is 27.9 Å². The van der Waals surface area contributed by atoms with Gasteiger partial charge in [0.1, 0.15) is 5.69 Å². The Morgan fingerprint density at radius 2 is 1.67 bits per heavy atom. The van der Waals surface area contributed by atoms with Gasteiger partial charge in [0.25, 0.3) is 5.56 Å². The minimum absolute atomic E-state index is 0.210. The molecule has 0 N–H and O–H groups in total. The summed E-state index contributed by atoms with van der Waals surface area (Å²) in [6.45, 7) is 5.82. The lowest BCUT2D eigenvalue weighted by molar-refractivity contribution is 0.581. The van der Waals surface area contributed by atoms with Gasteiger partial charge in [0.2, 0.25) is 5.95 Å². The molecule has 0 saturated carbocycles. The molecule has 4 aromatic rings. The molecule has 0 radical (unpaired) electrons. The van der Waals surface area contributed by atoms with Gasteiger partial charge in [-0.15, -0.1) is 0 Å². The van der Waals surface area contributed by atoms with Gasteiger partial charge in [-0.25, -0.2) is 9.67 Å². The molecule has 4 rings (SSSR count). The van der Waals surface area contributed by atoms with E-state index in [1.807, 2.05) is 26.0 Å². The number of pyridine rings is 1. The molecule has 2 heterocycles. The molecule has 0 aliphatic carbocycles. The van der Waals surface area contributed by atoms with Gasteiger partial charge in [0, 0.05) is 11.1 Å². The molecule has 6 heteroatoms. The van der Waals surface area contributed by atoms with Crippen molar-refractivity contribution < 1.29 is 4.39 Å². The highest BCUT2D eigenvalue weighted by Crippen LogP contribution is 2.28. The van der Waals surface area contributed by atoms with Crippen LogP contribution in [0.25, 0.3) is 22.0 Å². The predicted molar refractivity (Wildman–Crippen MR) is 114 cm³/mol. The molecule has 0 fully saturated rings. The maximum Gasteiger partial charge on any atom is 0.274 e. The van der Waals surface area contributed by atoms with Crippen LogP contribution in [0.2, 0.25) is 0 Å². The lowest BCUT2D eigenvalue weighted by atomic mass is 10.0. The number of rotatable bonds is 3. The van der Waals surface area contributed by atoms with Crippen molar-refractivity contribution in [3.8, 4) is 17.3 Å². The number of fused-ring (bicyclic) bond motifs is 1. The van der Waals surface area contributed by atoms with Crippen LogP contribution in [0.4, 0.5) is 4.39 Å². The number of nitrogens with zero attached hydrogens (tertiary/aromatic N) is 4. The van der Waals surface area contributed by atoms with Crippen LogP contribution < -0.4 is 5.56 Å². The van der Waals surface area contributed by atoms with E-state index < -0.39 is 5.95 Å². The zero-order chi connectivity index (χ0) is 21.4. The van der Waals surface area contributed by atoms with Crippen molar-refractivity contribution in [2.45, 2.75) is 27.3 Å². The summed E-state index contributed by atoms with van der Waals surface area (Å²) < 4.78 is 16.1. The zero-order valence-corrected chi connectivity index (χ0v) is 16.9. The van der Waals surface area contributed by atoms with Crippen molar-refractivity contribution >= 4 is 10.8 Å². The van der Waals surface area contributed by atoms with Crippen LogP contribution >= 0.6 is 0 Å². The SMILES string of the molecule is Cc1ccc(-c2nn(Cc3ccc(C#N)cc3)c(=O)c3cc(C)c(C)cc23)c(F)n1. The maximum absolute atomic E-state index is 14.7. The summed E-state index contributed by atoms with van der Waals surface area (Å²) in [4.78, 5) is 17.1. The van der Waals surface area contributed by atoms with E-state index in [0.717, 1.165) is 16.7 Å². The second-order valence-electron chi connectivity index (χ2n) is 7.39. The maximum atomic E-state index is 14.7. The standard InChI is InChI=1S/C24H19FN4O/c1-14-10-20-21(11-15(14)2)24(30)29(13-18-7-5-17(12-26)6-8-18)28-22(20)19-9-4-16(3)27-23(19)25/h4-11H,13H2,1-3H3. The van der Waals surface area contributed by atoms with Crippen LogP contribution in [0, 0.1) is 38.1 Å². The molecule has 148 valence electrons. The third kappa shape index (κ3) is 3.46. The summed E-state index contributed by atoms with van der Waals surface area (Å²) in [5.41, 5.74) is 4.28. The molecular formula is C24H19FN4O. The molecule has 0 atom stereocenters. The monoisotopic (exact) mass is 398 g/mol. The molecule has 2 aromatic carbocycles. The average Bonchev–Trinajstić information content (AvgIpc) is 2.72. The molecule has 5 nitrogen and oxygen atoms in total. The molecule has 0 spiro atoms. The number of nitriles is 1. The first-order chi connectivity index (χ1) is 14.4. The quantitative estimate of drug-likeness (QED) is 0.478. The lowest BCUT2D eigenvalue weighted by Gasteiger charge is -2.13. The van der Waals surface area contributed by atoms with E-state index >= 15 is 0 Å². The fourth-order valence-corrected chi connectivity index (χ4v) is 3.41. The van der Waals surface area contributed by atoms with Gasteiger partial charge >= 0.3 is 0 Å². The summed E-state index contributed by atoms with van der Waals surface area (Å²) in [6.07, 6.45) is 0. The van der Waals surface area contributed by atoms with Gasteiger partial charge in [-0.05, 0) is 73.9 Å². The van der Waals surface area contributed by atoms with E-state index in [1.165, 1.54) is 4.68 Å². The van der Waals surface area contributed by atoms with Crippen molar-refractivity contribution in [1.29, 1.82) is 5.26 Å². The molecule has 0 aliphatic heterocycles. The molecule has 30 heavy (non-hydrogen) atoms. The average molecular weight is 398 g/mol. The Morgan fingerprint density at radius 3 is 2.30 bits per heavy atom. The number of aromatic nitrogens is 3. The Balaban J connectivity index is 1.97. The normalized spacial score (nSPS) is 10.9. The molecule has 0 saturated heterocycles. The number of hydrogen-bond donors (Lipinski definition) is 0. The second-order valence-corrected chi connectivity index (χ2v) is 7.39. The Morgan fingerprint density at radius 1 is 1.00 bits per heavy atom. The van der Waals surface area contributed by atoms with Crippen LogP contribution in [-0.2, 0) is 6.54 Å². The van der Waals surface area contributed by atoms with E-state index in [2.05, 4.69) is 16.2 Å². The molecule has 2 aromatic heterocycles. The van der Waals surface area contributed by atoms with Gasteiger partial charge in [0.15, 0.2) is 0 Å². The summed E-state index contributed by atoms with van der Waals surface area (Å²) >= 11 is 0. The van der Waals surface area contributed by atoms with Crippen molar-refractivity contribution in [2.24, 2.45) is 0 Å². The smallest absolute Gasteiger partial charge is 0.267 e. The summed E-state index contributed by atoms with van der Waals surface area (Å²) in [5, 5.41) is 14.6. The number of halogens is 1. The van der Waals surface area contributed by atoms with Crippen molar-refractivity contribution in [3.05, 3.63) is 92.8 Å². The Labute approximate surface area is 173 Å². The van der Waals surface area contributed by atoms with Gasteiger partial charge < -0.3 is 0 Å². The van der Waals surface area contributed by atoms with Gasteiger partial charge in [-0.1, -0.05) is 12.1 Å². The van der Waals surface area contributed by atoms with E-state index in [4.69, 9.17) is 5.26 Å². The first-order valence-electron chi connectivity index (χ1n) is 9.52. The highest BCUT2D eigenvalue weighted by Gasteiger charge is 2.17. The molecule has 0 bridgehead atoms. The van der Waals surface area contributed by atoms with Crippen LogP contribution in [0.15, 0.2) is 53.3 Å². The Kier molecular flexibility index (Phi) is 4.88. The van der Waals surface area contributed by atoms with Crippen LogP contribution in [-0.4, -0.2) is 14.8 Å². The largest absolute Gasteiger partial charge is 0.274 e. The first kappa shape index (κ1) is 19.5. The van der Waals surface area contributed by atoms with Crippen LogP contribution in [0.3, 0.4) is 0 Å². The number of aryl methyl sites for hydroxylation is 3. The van der Waals surface area contributed by atoms with E-state index in [-0.39, 0.29) is 17.7 Å². The molecule has 0 aliphatic rings. The van der Waals surface area contributed by atoms with Crippen molar-refractivity contribution in [3.63, 3.8) is 0 Å². The summed E-state index contributed by atoms with van der Waals surface area (Å²) in [5.74, 6) is -0.620. The third-order valence-electron chi connectivity index (χ3n) is 5.23. The van der Waals surface area contributed by atoms with E-state index in [0.29, 0.717) is 27.7 Å². The van der Waals surface area contributed by atoms with Crippen molar-refractivity contribution in [2.75, 3.05) is 0 Å². The number of benzene rings is 2. The highest BCUT2D eigenvalue weighted by atomic mass is 19.1. The topological polar surface area (TPSA) is 71.6 Å². The van der Waals surface area contributed by atoms with E-state index in [9.17, 15) is 9.18 Å². The predicted octanol–water partition coefficient (Wildman–Crippen LogP) is 4.44. The fraction of sp³-hybridized carbons (Fsp3) is 0.167. The Hall–Kier alpha value is -3.85. The van der Waals surface area contributed by atoms with Crippen LogP contribution in [0.5, 0.6) is 0 Å². The second kappa shape index (κ2) is 7.53. The van der Waals surface area contributed by atoms with E-state index in [1.54, 1.807) is 43.3 Å². The third-order valence-corrected chi connectivity index (χ3v) is 5.23.